The van der Waals surface area contributed by atoms with Crippen LogP contribution >= 0.6 is 0 Å². The van der Waals surface area contributed by atoms with E-state index in [0.29, 0.717) is 11.7 Å². The van der Waals surface area contributed by atoms with Gasteiger partial charge in [-0.15, -0.1) is 0 Å². The van der Waals surface area contributed by atoms with Gasteiger partial charge in [-0.05, 0) is 0 Å². The number of ketones is 1. The number of Topliss-reactive ketones (excluding diaryl/α,β-unsaturated/α-hetero) is 1. The van der Waals surface area contributed by atoms with E-state index >= 15 is 0 Å². The van der Waals surface area contributed by atoms with E-state index < -0.39 is 0 Å². The molecule has 1 aliphatic rings. The fraction of sp³-hybridized carbons (Fsp3) is 0.278. The van der Waals surface area contributed by atoms with Gasteiger partial charge in [0.2, 0.25) is 0 Å². The Morgan fingerprint density at radius 3 is 2.25 bits per heavy atom. The molecule has 2 heteroatoms. The van der Waals surface area contributed by atoms with Gasteiger partial charge in [0.1, 0.15) is 0 Å². The van der Waals surface area contributed by atoms with Gasteiger partial charge in [0, 0.05) is 0 Å². The maximum atomic E-state index is 12.4. The van der Waals surface area contributed by atoms with Crippen LogP contribution in [0.2, 0.25) is 4.82 Å². The van der Waals surface area contributed by atoms with Crippen molar-refractivity contribution in [3.63, 3.8) is 0 Å². The first-order valence-electron chi connectivity index (χ1n) is 7.14. The molecule has 0 aromatic heterocycles. The first-order valence-corrected chi connectivity index (χ1v) is 8.98. The summed E-state index contributed by atoms with van der Waals surface area (Å²) >= 11 is 0.235. The Kier molecular flexibility index (Phi) is 4.34. The van der Waals surface area contributed by atoms with Crippen LogP contribution in [0, 0.1) is 0 Å². The summed E-state index contributed by atoms with van der Waals surface area (Å²) in [6.07, 6.45) is 2.96. The molecule has 0 amide bonds. The predicted octanol–water partition coefficient (Wildman–Crippen LogP) is 3.34. The minimum absolute atomic E-state index is 0.209. The Labute approximate surface area is 126 Å². The molecule has 0 bridgehead atoms. The number of carbonyl (C=O) groups excluding carboxylic acids is 1. The molecular formula is C18H18OSe. The summed E-state index contributed by atoms with van der Waals surface area (Å²) in [5, 5.41) is 0. The van der Waals surface area contributed by atoms with Crippen molar-refractivity contribution in [2.24, 2.45) is 0 Å². The first kappa shape index (κ1) is 13.6. The number of hydrogen-bond donors (Lipinski definition) is 0. The molecule has 1 aliphatic carbocycles. The Bertz CT molecular complexity index is 564. The van der Waals surface area contributed by atoms with E-state index in [1.165, 1.54) is 10.0 Å². The quantitative estimate of drug-likeness (QED) is 0.790. The summed E-state index contributed by atoms with van der Waals surface area (Å²) in [6.45, 7) is 0. The molecule has 2 atom stereocenters. The number of hydrogen-bond acceptors (Lipinski definition) is 1. The molecule has 2 aromatic carbocycles. The maximum absolute atomic E-state index is 12.4. The van der Waals surface area contributed by atoms with Crippen LogP contribution in [-0.4, -0.2) is 20.7 Å². The van der Waals surface area contributed by atoms with Crippen LogP contribution in [0.3, 0.4) is 0 Å². The van der Waals surface area contributed by atoms with E-state index in [0.717, 1.165) is 19.3 Å². The molecule has 0 unspecified atom stereocenters. The van der Waals surface area contributed by atoms with E-state index in [-0.39, 0.29) is 19.8 Å². The van der Waals surface area contributed by atoms with Gasteiger partial charge < -0.3 is 0 Å². The summed E-state index contributed by atoms with van der Waals surface area (Å²) in [7, 11) is 0. The fourth-order valence-corrected chi connectivity index (χ4v) is 5.61. The molecule has 0 N–H and O–H groups in total. The average molecular weight is 329 g/mol. The molecule has 20 heavy (non-hydrogen) atoms. The Morgan fingerprint density at radius 2 is 1.55 bits per heavy atom. The van der Waals surface area contributed by atoms with Crippen LogP contribution in [0.4, 0.5) is 0 Å². The van der Waals surface area contributed by atoms with Crippen LogP contribution in [-0.2, 0) is 4.79 Å². The van der Waals surface area contributed by atoms with Gasteiger partial charge in [0.15, 0.2) is 0 Å². The SMILES string of the molecule is O=C1CCC[C@H](c2ccccc2)[C@@H]1[Se]c1ccccc1. The number of benzene rings is 2. The zero-order chi connectivity index (χ0) is 13.8. The molecule has 0 saturated heterocycles. The van der Waals surface area contributed by atoms with Crippen molar-refractivity contribution < 1.29 is 4.79 Å². The van der Waals surface area contributed by atoms with Gasteiger partial charge in [-0.3, -0.25) is 0 Å². The molecule has 0 aliphatic heterocycles. The fourth-order valence-electron chi connectivity index (χ4n) is 2.85. The van der Waals surface area contributed by atoms with Crippen LogP contribution in [0.1, 0.15) is 30.7 Å². The third kappa shape index (κ3) is 3.03. The van der Waals surface area contributed by atoms with Crippen molar-refractivity contribution in [2.75, 3.05) is 0 Å². The van der Waals surface area contributed by atoms with Gasteiger partial charge in [-0.25, -0.2) is 0 Å². The molecule has 0 heterocycles. The second-order valence-electron chi connectivity index (χ2n) is 5.23. The minimum atomic E-state index is 0.209. The van der Waals surface area contributed by atoms with Crippen LogP contribution in [0.15, 0.2) is 60.7 Å². The van der Waals surface area contributed by atoms with E-state index in [4.69, 9.17) is 0 Å². The summed E-state index contributed by atoms with van der Waals surface area (Å²) in [5.41, 5.74) is 1.34. The van der Waals surface area contributed by atoms with Gasteiger partial charge in [0.05, 0.1) is 0 Å². The standard InChI is InChI=1S/C18H18OSe/c19-17-13-7-12-16(14-8-3-1-4-9-14)18(17)20-15-10-5-2-6-11-15/h1-6,8-11,16,18H,7,12-13H2/t16-,18+/m1/s1. The second-order valence-corrected chi connectivity index (χ2v) is 7.78. The summed E-state index contributed by atoms with van der Waals surface area (Å²) < 4.78 is 1.33. The summed E-state index contributed by atoms with van der Waals surface area (Å²) in [4.78, 5) is 12.6. The van der Waals surface area contributed by atoms with Gasteiger partial charge >= 0.3 is 126 Å². The molecular weight excluding hydrogens is 311 g/mol. The first-order chi connectivity index (χ1) is 9.84. The zero-order valence-corrected chi connectivity index (χ0v) is 13.1. The zero-order valence-electron chi connectivity index (χ0n) is 11.4. The molecule has 1 saturated carbocycles. The molecule has 3 rings (SSSR count). The number of rotatable bonds is 3. The van der Waals surface area contributed by atoms with E-state index in [1.807, 2.05) is 12.1 Å². The third-order valence-corrected chi connectivity index (χ3v) is 6.77. The Hall–Kier alpha value is -1.37. The van der Waals surface area contributed by atoms with Crippen LogP contribution < -0.4 is 4.46 Å². The van der Waals surface area contributed by atoms with Crippen molar-refractivity contribution in [3.8, 4) is 0 Å². The second kappa shape index (κ2) is 6.39. The average Bonchev–Trinajstić information content (AvgIpc) is 2.51. The molecule has 1 fully saturated rings. The van der Waals surface area contributed by atoms with Crippen molar-refractivity contribution in [1.29, 1.82) is 0 Å². The third-order valence-electron chi connectivity index (χ3n) is 3.86. The topological polar surface area (TPSA) is 17.1 Å². The van der Waals surface area contributed by atoms with E-state index in [1.54, 1.807) is 0 Å². The number of carbonyl (C=O) groups is 1. The van der Waals surface area contributed by atoms with Gasteiger partial charge in [0.25, 0.3) is 0 Å². The van der Waals surface area contributed by atoms with Gasteiger partial charge in [-0.2, -0.15) is 0 Å². The molecule has 0 radical (unpaired) electrons. The normalized spacial score (nSPS) is 22.7. The Morgan fingerprint density at radius 1 is 0.900 bits per heavy atom. The van der Waals surface area contributed by atoms with Crippen molar-refractivity contribution in [1.82, 2.24) is 0 Å². The Balaban J connectivity index is 1.86. The van der Waals surface area contributed by atoms with Crippen molar-refractivity contribution >= 4 is 25.2 Å². The predicted molar refractivity (Wildman–Crippen MR) is 83.6 cm³/mol. The van der Waals surface area contributed by atoms with E-state index in [9.17, 15) is 4.79 Å². The summed E-state index contributed by atoms with van der Waals surface area (Å²) in [6, 6.07) is 21.1. The summed E-state index contributed by atoms with van der Waals surface area (Å²) in [5.74, 6) is 0.881. The van der Waals surface area contributed by atoms with Crippen molar-refractivity contribution in [2.45, 2.75) is 30.0 Å². The van der Waals surface area contributed by atoms with Crippen LogP contribution in [0.5, 0.6) is 0 Å². The van der Waals surface area contributed by atoms with E-state index in [2.05, 4.69) is 48.5 Å². The molecule has 2 aromatic rings. The van der Waals surface area contributed by atoms with Gasteiger partial charge in [-0.1, -0.05) is 0 Å². The molecule has 102 valence electrons. The monoisotopic (exact) mass is 330 g/mol. The molecule has 1 nitrogen and oxygen atoms in total. The van der Waals surface area contributed by atoms with Crippen LogP contribution in [0.25, 0.3) is 0 Å². The molecule has 0 spiro atoms. The van der Waals surface area contributed by atoms with Crippen molar-refractivity contribution in [3.05, 3.63) is 66.2 Å².